The van der Waals surface area contributed by atoms with Crippen LogP contribution in [0.2, 0.25) is 0 Å². The Morgan fingerprint density at radius 3 is 2.68 bits per heavy atom. The largest absolute Gasteiger partial charge is 0.392 e. The predicted molar refractivity (Wildman–Crippen MR) is 107 cm³/mol. The summed E-state index contributed by atoms with van der Waals surface area (Å²) in [6.45, 7) is 2.25. The van der Waals surface area contributed by atoms with E-state index in [4.69, 9.17) is 4.98 Å². The van der Waals surface area contributed by atoms with E-state index >= 15 is 0 Å². The first-order valence-corrected chi connectivity index (χ1v) is 10.6. The van der Waals surface area contributed by atoms with Crippen LogP contribution in [0.5, 0.6) is 0 Å². The number of fused-ring (bicyclic) bond motifs is 1. The SMILES string of the molecule is CCCCn1c(=O)c2[nH]c(C34C[C@@H]5CC3C[C@@H](C5)C4)nc2n(/C=C/CO)c1=O. The number of rotatable bonds is 6. The molecular weight excluding hydrogens is 356 g/mol. The maximum absolute atomic E-state index is 13.1. The highest BCUT2D eigenvalue weighted by Crippen LogP contribution is 2.65. The van der Waals surface area contributed by atoms with Gasteiger partial charge < -0.3 is 10.1 Å². The summed E-state index contributed by atoms with van der Waals surface area (Å²) in [7, 11) is 0. The van der Waals surface area contributed by atoms with Crippen LogP contribution in [0.25, 0.3) is 17.4 Å². The van der Waals surface area contributed by atoms with Crippen molar-refractivity contribution in [2.45, 2.75) is 63.8 Å². The Labute approximate surface area is 163 Å². The molecule has 0 aromatic carbocycles. The van der Waals surface area contributed by atoms with Crippen LogP contribution in [0.4, 0.5) is 0 Å². The minimum atomic E-state index is -0.386. The highest BCUT2D eigenvalue weighted by Gasteiger charge is 2.59. The van der Waals surface area contributed by atoms with Gasteiger partial charge in [-0.05, 0) is 62.4 Å². The second-order valence-electron chi connectivity index (χ2n) is 9.01. The van der Waals surface area contributed by atoms with Gasteiger partial charge in [-0.1, -0.05) is 13.3 Å². The average molecular weight is 384 g/mol. The lowest BCUT2D eigenvalue weighted by atomic mass is 9.75. The number of aromatic amines is 1. The maximum Gasteiger partial charge on any atom is 0.336 e. The summed E-state index contributed by atoms with van der Waals surface area (Å²) >= 11 is 0. The number of hydrogen-bond acceptors (Lipinski definition) is 4. The number of hydrogen-bond donors (Lipinski definition) is 2. The Bertz CT molecular complexity index is 1050. The molecule has 0 amide bonds. The molecule has 0 aliphatic heterocycles. The lowest BCUT2D eigenvalue weighted by molar-refractivity contribution is 0.262. The number of aliphatic hydroxyl groups is 1. The van der Waals surface area contributed by atoms with E-state index in [1.165, 1.54) is 40.7 Å². The molecule has 0 saturated heterocycles. The minimum Gasteiger partial charge on any atom is -0.392 e. The maximum atomic E-state index is 13.1. The number of imidazole rings is 1. The number of aliphatic hydroxyl groups excluding tert-OH is 1. The number of unbranched alkanes of at least 4 members (excludes halogenated alkanes) is 1. The standard InChI is InChI=1S/C21H28N4O3/c1-2-3-5-25-18(27)16-17(24(20(25)28)6-4-7-26)23-19(22-16)21-11-13-8-14(12-21)10-15(21)9-13/h4,6,13-15,26H,2-3,5,7-12H2,1H3,(H,22,23)/b6-4+/t13-,14+,15?,21?. The fraction of sp³-hybridized carbons (Fsp3) is 0.667. The summed E-state index contributed by atoms with van der Waals surface area (Å²) in [5.74, 6) is 3.10. The molecule has 2 heterocycles. The molecule has 150 valence electrons. The van der Waals surface area contributed by atoms with Gasteiger partial charge in [0, 0.05) is 18.2 Å². The quantitative estimate of drug-likeness (QED) is 0.799. The van der Waals surface area contributed by atoms with Crippen LogP contribution in [0.3, 0.4) is 0 Å². The van der Waals surface area contributed by atoms with Gasteiger partial charge in [0.25, 0.3) is 5.56 Å². The molecule has 6 rings (SSSR count). The third kappa shape index (κ3) is 2.41. The Morgan fingerprint density at radius 2 is 2.00 bits per heavy atom. The fourth-order valence-electron chi connectivity index (χ4n) is 6.35. The molecule has 0 spiro atoms. The summed E-state index contributed by atoms with van der Waals surface area (Å²) in [6.07, 6.45) is 10.9. The van der Waals surface area contributed by atoms with Gasteiger partial charge in [-0.3, -0.25) is 13.9 Å². The van der Waals surface area contributed by atoms with E-state index in [2.05, 4.69) is 4.98 Å². The molecule has 2 aromatic rings. The number of nitrogens with zero attached hydrogens (tertiary/aromatic N) is 3. The third-order valence-electron chi connectivity index (χ3n) is 7.37. The minimum absolute atomic E-state index is 0.0505. The van der Waals surface area contributed by atoms with Crippen LogP contribution < -0.4 is 11.2 Å². The number of nitrogens with one attached hydrogen (secondary N) is 1. The van der Waals surface area contributed by atoms with Crippen LogP contribution in [-0.4, -0.2) is 30.8 Å². The van der Waals surface area contributed by atoms with E-state index in [0.29, 0.717) is 23.6 Å². The molecular formula is C21H28N4O3. The molecule has 4 fully saturated rings. The lowest BCUT2D eigenvalue weighted by Crippen LogP contribution is -2.38. The van der Waals surface area contributed by atoms with Gasteiger partial charge >= 0.3 is 5.69 Å². The summed E-state index contributed by atoms with van der Waals surface area (Å²) in [4.78, 5) is 34.3. The van der Waals surface area contributed by atoms with Crippen LogP contribution in [0.1, 0.15) is 57.7 Å². The summed E-state index contributed by atoms with van der Waals surface area (Å²) in [5.41, 5.74) is 0.185. The normalized spacial score (nSPS) is 31.0. The highest BCUT2D eigenvalue weighted by atomic mass is 16.2. The van der Waals surface area contributed by atoms with Gasteiger partial charge in [0.2, 0.25) is 0 Å². The topological polar surface area (TPSA) is 92.9 Å². The Balaban J connectivity index is 1.71. The van der Waals surface area contributed by atoms with E-state index in [9.17, 15) is 14.7 Å². The zero-order valence-corrected chi connectivity index (χ0v) is 16.4. The molecule has 2 aromatic heterocycles. The van der Waals surface area contributed by atoms with E-state index in [-0.39, 0.29) is 23.3 Å². The zero-order valence-electron chi connectivity index (χ0n) is 16.4. The van der Waals surface area contributed by atoms with Gasteiger partial charge in [0.15, 0.2) is 11.2 Å². The average Bonchev–Trinajstić information content (AvgIpc) is 3.30. The molecule has 4 aliphatic carbocycles. The van der Waals surface area contributed by atoms with E-state index in [0.717, 1.165) is 43.3 Å². The smallest absolute Gasteiger partial charge is 0.336 e. The predicted octanol–water partition coefficient (Wildman–Crippen LogP) is 2.23. The van der Waals surface area contributed by atoms with Crippen molar-refractivity contribution in [3.63, 3.8) is 0 Å². The Kier molecular flexibility index (Phi) is 4.12. The fourth-order valence-corrected chi connectivity index (χ4v) is 6.35. The summed E-state index contributed by atoms with van der Waals surface area (Å²) in [5, 5.41) is 9.19. The molecule has 0 radical (unpaired) electrons. The first-order valence-electron chi connectivity index (χ1n) is 10.6. The molecule has 7 nitrogen and oxygen atoms in total. The Morgan fingerprint density at radius 1 is 1.25 bits per heavy atom. The van der Waals surface area contributed by atoms with Crippen molar-refractivity contribution in [1.82, 2.24) is 19.1 Å². The molecule has 4 aliphatic rings. The van der Waals surface area contributed by atoms with Gasteiger partial charge in [0.1, 0.15) is 5.82 Å². The second-order valence-corrected chi connectivity index (χ2v) is 9.01. The van der Waals surface area contributed by atoms with E-state index in [1.54, 1.807) is 0 Å². The summed E-state index contributed by atoms with van der Waals surface area (Å²) in [6, 6.07) is 0. The van der Waals surface area contributed by atoms with Gasteiger partial charge in [-0.25, -0.2) is 9.78 Å². The first-order chi connectivity index (χ1) is 13.6. The molecule has 7 heteroatoms. The van der Waals surface area contributed by atoms with Crippen molar-refractivity contribution in [3.8, 4) is 0 Å². The number of aromatic nitrogens is 4. The van der Waals surface area contributed by atoms with Crippen molar-refractivity contribution >= 4 is 17.4 Å². The molecule has 2 unspecified atom stereocenters. The number of H-pyrrole nitrogens is 1. The van der Waals surface area contributed by atoms with Crippen LogP contribution in [0, 0.1) is 17.8 Å². The molecule has 2 N–H and O–H groups in total. The summed E-state index contributed by atoms with van der Waals surface area (Å²) < 4.78 is 2.71. The Hall–Kier alpha value is -2.15. The van der Waals surface area contributed by atoms with Gasteiger partial charge in [-0.2, -0.15) is 0 Å². The van der Waals surface area contributed by atoms with E-state index in [1.807, 2.05) is 6.92 Å². The molecule has 28 heavy (non-hydrogen) atoms. The monoisotopic (exact) mass is 384 g/mol. The lowest BCUT2D eigenvalue weighted by Gasteiger charge is -2.30. The van der Waals surface area contributed by atoms with Crippen LogP contribution in [-0.2, 0) is 12.0 Å². The zero-order chi connectivity index (χ0) is 19.5. The van der Waals surface area contributed by atoms with Crippen molar-refractivity contribution in [1.29, 1.82) is 0 Å². The highest BCUT2D eigenvalue weighted by molar-refractivity contribution is 5.72. The third-order valence-corrected chi connectivity index (χ3v) is 7.37. The van der Waals surface area contributed by atoms with Gasteiger partial charge in [-0.15, -0.1) is 0 Å². The van der Waals surface area contributed by atoms with Crippen molar-refractivity contribution < 1.29 is 5.11 Å². The van der Waals surface area contributed by atoms with Crippen LogP contribution in [0.15, 0.2) is 15.7 Å². The molecule has 4 bridgehead atoms. The van der Waals surface area contributed by atoms with Gasteiger partial charge in [0.05, 0.1) is 6.61 Å². The first kappa shape index (κ1) is 17.9. The van der Waals surface area contributed by atoms with Crippen molar-refractivity contribution in [3.05, 3.63) is 32.7 Å². The second kappa shape index (κ2) is 6.44. The van der Waals surface area contributed by atoms with E-state index < -0.39 is 0 Å². The van der Waals surface area contributed by atoms with Crippen molar-refractivity contribution in [2.75, 3.05) is 6.61 Å². The van der Waals surface area contributed by atoms with Crippen molar-refractivity contribution in [2.24, 2.45) is 17.8 Å². The van der Waals surface area contributed by atoms with Crippen LogP contribution >= 0.6 is 0 Å². The molecule has 4 saturated carbocycles. The molecule has 4 atom stereocenters.